The molecule has 2 atom stereocenters. The van der Waals surface area contributed by atoms with E-state index in [1.54, 1.807) is 36.5 Å². The highest BCUT2D eigenvalue weighted by molar-refractivity contribution is 6.10. The smallest absolute Gasteiger partial charge is 0.240 e. The molecule has 186 valence electrons. The van der Waals surface area contributed by atoms with Gasteiger partial charge in [0.1, 0.15) is 5.75 Å². The van der Waals surface area contributed by atoms with Crippen LogP contribution in [0.1, 0.15) is 44.1 Å². The number of hydrogen-bond acceptors (Lipinski definition) is 6. The van der Waals surface area contributed by atoms with Crippen LogP contribution >= 0.6 is 0 Å². The standard InChI is InChI=1S/C27H33N3O5/c1-29(20-23-11-5-6-15-35-23)24(31)17-27(21-9-3-2-4-10-21)18-25(32)30(26(27)33)14-8-16-34-22-12-7-13-28-19-22/h2-4,7,9-10,12-13,19,23H,5-6,8,11,14-18,20H2,1H3/t23?,27-/m1/s1. The Bertz CT molecular complexity index is 1010. The van der Waals surface area contributed by atoms with E-state index in [0.717, 1.165) is 19.3 Å². The number of carbonyl (C=O) groups excluding carboxylic acids is 3. The number of likely N-dealkylation sites (N-methyl/N-ethyl adjacent to an activating group) is 1. The number of nitrogens with zero attached hydrogens (tertiary/aromatic N) is 3. The molecule has 2 aromatic rings. The predicted octanol–water partition coefficient (Wildman–Crippen LogP) is 2.97. The molecule has 1 aromatic heterocycles. The number of ether oxygens (including phenoxy) is 2. The van der Waals surface area contributed by atoms with Crippen molar-refractivity contribution in [2.45, 2.75) is 50.0 Å². The molecular weight excluding hydrogens is 446 g/mol. The van der Waals surface area contributed by atoms with E-state index in [2.05, 4.69) is 4.98 Å². The van der Waals surface area contributed by atoms with Crippen LogP contribution in [0.2, 0.25) is 0 Å². The SMILES string of the molecule is CN(CC1CCCCO1)C(=O)C[C@]1(c2ccccc2)CC(=O)N(CCCOc2cccnc2)C1=O. The fourth-order valence-electron chi connectivity index (χ4n) is 4.85. The van der Waals surface area contributed by atoms with E-state index in [9.17, 15) is 14.4 Å². The second-order valence-electron chi connectivity index (χ2n) is 9.31. The van der Waals surface area contributed by atoms with Gasteiger partial charge in [-0.15, -0.1) is 0 Å². The van der Waals surface area contributed by atoms with Gasteiger partial charge in [0.2, 0.25) is 17.7 Å². The van der Waals surface area contributed by atoms with Gasteiger partial charge < -0.3 is 14.4 Å². The molecule has 8 heteroatoms. The molecule has 1 unspecified atom stereocenters. The number of aromatic nitrogens is 1. The van der Waals surface area contributed by atoms with Gasteiger partial charge in [-0.25, -0.2) is 0 Å². The number of rotatable bonds is 10. The Morgan fingerprint density at radius 3 is 2.74 bits per heavy atom. The second-order valence-corrected chi connectivity index (χ2v) is 9.31. The van der Waals surface area contributed by atoms with Crippen molar-refractivity contribution in [1.82, 2.24) is 14.8 Å². The van der Waals surface area contributed by atoms with Crippen molar-refractivity contribution >= 4 is 17.7 Å². The first kappa shape index (κ1) is 24.9. The molecule has 2 aliphatic rings. The summed E-state index contributed by atoms with van der Waals surface area (Å²) in [7, 11) is 1.74. The molecule has 1 aromatic carbocycles. The Balaban J connectivity index is 1.44. The summed E-state index contributed by atoms with van der Waals surface area (Å²) in [6.07, 6.45) is 6.79. The van der Waals surface area contributed by atoms with Crippen LogP contribution in [-0.2, 0) is 24.5 Å². The van der Waals surface area contributed by atoms with Gasteiger partial charge in [0.25, 0.3) is 0 Å². The first-order valence-electron chi connectivity index (χ1n) is 12.3. The monoisotopic (exact) mass is 479 g/mol. The molecule has 0 bridgehead atoms. The van der Waals surface area contributed by atoms with Crippen LogP contribution in [0, 0.1) is 0 Å². The summed E-state index contributed by atoms with van der Waals surface area (Å²) in [4.78, 5) is 47.0. The molecule has 3 amide bonds. The van der Waals surface area contributed by atoms with Crippen molar-refractivity contribution in [3.05, 3.63) is 60.4 Å². The lowest BCUT2D eigenvalue weighted by Crippen LogP contribution is -2.44. The zero-order valence-corrected chi connectivity index (χ0v) is 20.2. The third-order valence-corrected chi connectivity index (χ3v) is 6.79. The minimum absolute atomic E-state index is 0.0151. The van der Waals surface area contributed by atoms with Crippen LogP contribution in [-0.4, -0.2) is 72.0 Å². The van der Waals surface area contributed by atoms with Crippen LogP contribution in [0.4, 0.5) is 0 Å². The van der Waals surface area contributed by atoms with Crippen molar-refractivity contribution < 1.29 is 23.9 Å². The van der Waals surface area contributed by atoms with Gasteiger partial charge in [0, 0.05) is 45.8 Å². The van der Waals surface area contributed by atoms with Crippen molar-refractivity contribution in [1.29, 1.82) is 0 Å². The highest BCUT2D eigenvalue weighted by Crippen LogP contribution is 2.40. The zero-order valence-electron chi connectivity index (χ0n) is 20.2. The van der Waals surface area contributed by atoms with E-state index in [1.807, 2.05) is 30.3 Å². The summed E-state index contributed by atoms with van der Waals surface area (Å²) in [5.74, 6) is -0.0937. The minimum atomic E-state index is -1.19. The van der Waals surface area contributed by atoms with Crippen molar-refractivity contribution in [2.24, 2.45) is 0 Å². The fraction of sp³-hybridized carbons (Fsp3) is 0.481. The Kier molecular flexibility index (Phi) is 8.13. The normalized spacial score (nSPS) is 22.3. The highest BCUT2D eigenvalue weighted by atomic mass is 16.5. The van der Waals surface area contributed by atoms with E-state index in [0.29, 0.717) is 37.5 Å². The number of benzene rings is 1. The first-order chi connectivity index (χ1) is 17.0. The molecule has 3 heterocycles. The molecule has 2 saturated heterocycles. The van der Waals surface area contributed by atoms with Crippen LogP contribution in [0.25, 0.3) is 0 Å². The average Bonchev–Trinajstić information content (AvgIpc) is 3.13. The number of pyridine rings is 1. The first-order valence-corrected chi connectivity index (χ1v) is 12.3. The zero-order chi connectivity index (χ0) is 24.7. The van der Waals surface area contributed by atoms with Crippen molar-refractivity contribution in [2.75, 3.05) is 33.4 Å². The Labute approximate surface area is 206 Å². The average molecular weight is 480 g/mol. The molecule has 0 spiro atoms. The summed E-state index contributed by atoms with van der Waals surface area (Å²) in [6.45, 7) is 1.80. The van der Waals surface area contributed by atoms with Gasteiger partial charge in [-0.05, 0) is 43.4 Å². The van der Waals surface area contributed by atoms with Gasteiger partial charge in [-0.1, -0.05) is 30.3 Å². The van der Waals surface area contributed by atoms with E-state index in [-0.39, 0.29) is 43.2 Å². The quantitative estimate of drug-likeness (QED) is 0.385. The van der Waals surface area contributed by atoms with E-state index < -0.39 is 5.41 Å². The Hall–Kier alpha value is -3.26. The van der Waals surface area contributed by atoms with Gasteiger partial charge in [0.15, 0.2) is 0 Å². The number of amides is 3. The molecular formula is C27H33N3O5. The number of carbonyl (C=O) groups is 3. The lowest BCUT2D eigenvalue weighted by Gasteiger charge is -2.31. The summed E-state index contributed by atoms with van der Waals surface area (Å²) in [5, 5.41) is 0. The summed E-state index contributed by atoms with van der Waals surface area (Å²) in [5.41, 5.74) is -0.496. The highest BCUT2D eigenvalue weighted by Gasteiger charge is 2.53. The molecule has 35 heavy (non-hydrogen) atoms. The largest absolute Gasteiger partial charge is 0.492 e. The number of imide groups is 1. The summed E-state index contributed by atoms with van der Waals surface area (Å²) >= 11 is 0. The van der Waals surface area contributed by atoms with Crippen LogP contribution in [0.5, 0.6) is 5.75 Å². The fourth-order valence-corrected chi connectivity index (χ4v) is 4.85. The molecule has 0 aliphatic carbocycles. The molecule has 4 rings (SSSR count). The molecule has 0 saturated carbocycles. The third-order valence-electron chi connectivity index (χ3n) is 6.79. The van der Waals surface area contributed by atoms with Crippen LogP contribution < -0.4 is 4.74 Å². The van der Waals surface area contributed by atoms with Gasteiger partial charge in [-0.3, -0.25) is 24.3 Å². The molecule has 0 radical (unpaired) electrons. The lowest BCUT2D eigenvalue weighted by molar-refractivity contribution is -0.143. The molecule has 2 aliphatic heterocycles. The molecule has 0 N–H and O–H groups in total. The van der Waals surface area contributed by atoms with Gasteiger partial charge >= 0.3 is 0 Å². The number of hydrogen-bond donors (Lipinski definition) is 0. The van der Waals surface area contributed by atoms with E-state index >= 15 is 0 Å². The molecule has 2 fully saturated rings. The van der Waals surface area contributed by atoms with Crippen molar-refractivity contribution in [3.8, 4) is 5.75 Å². The van der Waals surface area contributed by atoms with Crippen LogP contribution in [0.15, 0.2) is 54.9 Å². The Morgan fingerprint density at radius 1 is 1.20 bits per heavy atom. The predicted molar refractivity (Wildman–Crippen MR) is 130 cm³/mol. The van der Waals surface area contributed by atoms with Gasteiger partial charge in [-0.2, -0.15) is 0 Å². The van der Waals surface area contributed by atoms with E-state index in [4.69, 9.17) is 9.47 Å². The maximum absolute atomic E-state index is 13.7. The maximum Gasteiger partial charge on any atom is 0.240 e. The van der Waals surface area contributed by atoms with Crippen LogP contribution in [0.3, 0.4) is 0 Å². The summed E-state index contributed by atoms with van der Waals surface area (Å²) < 4.78 is 11.4. The minimum Gasteiger partial charge on any atom is -0.492 e. The second kappa shape index (κ2) is 11.4. The van der Waals surface area contributed by atoms with E-state index in [1.165, 1.54) is 4.90 Å². The molecule has 8 nitrogen and oxygen atoms in total. The van der Waals surface area contributed by atoms with Crippen molar-refractivity contribution in [3.63, 3.8) is 0 Å². The number of likely N-dealkylation sites (tertiary alicyclic amines) is 1. The maximum atomic E-state index is 13.7. The topological polar surface area (TPSA) is 89.0 Å². The lowest BCUT2D eigenvalue weighted by atomic mass is 9.75. The van der Waals surface area contributed by atoms with Gasteiger partial charge in [0.05, 0.1) is 24.3 Å². The third kappa shape index (κ3) is 5.88. The Morgan fingerprint density at radius 2 is 2.03 bits per heavy atom. The summed E-state index contributed by atoms with van der Waals surface area (Å²) in [6, 6.07) is 12.8.